The van der Waals surface area contributed by atoms with Crippen molar-refractivity contribution in [1.82, 2.24) is 0 Å². The first kappa shape index (κ1) is 16.4. The molecule has 0 bridgehead atoms. The third kappa shape index (κ3) is 4.50. The maximum atomic E-state index is 6.34. The Labute approximate surface area is 133 Å². The number of nitrogens with two attached hydrogens (primary N) is 1. The van der Waals surface area contributed by atoms with Crippen LogP contribution in [0.3, 0.4) is 0 Å². The van der Waals surface area contributed by atoms with Gasteiger partial charge >= 0.3 is 0 Å². The average Bonchev–Trinajstić information content (AvgIpc) is 2.58. The fraction of sp³-hybridized carbons (Fsp3) is 0.368. The summed E-state index contributed by atoms with van der Waals surface area (Å²) in [7, 11) is 0. The van der Waals surface area contributed by atoms with Crippen LogP contribution in [0.4, 0.5) is 0 Å². The van der Waals surface area contributed by atoms with Crippen molar-refractivity contribution in [3.63, 3.8) is 0 Å². The van der Waals surface area contributed by atoms with E-state index in [2.05, 4.69) is 13.8 Å². The van der Waals surface area contributed by atoms with E-state index < -0.39 is 0 Å². The summed E-state index contributed by atoms with van der Waals surface area (Å²) < 4.78 is 11.2. The summed E-state index contributed by atoms with van der Waals surface area (Å²) in [6, 6.07) is 15.9. The number of rotatable bonds is 8. The molecule has 22 heavy (non-hydrogen) atoms. The van der Waals surface area contributed by atoms with Crippen LogP contribution in [0.25, 0.3) is 0 Å². The number of hydrogen-bond donors (Lipinski definition) is 1. The first-order chi connectivity index (χ1) is 10.7. The zero-order valence-electron chi connectivity index (χ0n) is 13.4. The minimum atomic E-state index is -0.138. The van der Waals surface area contributed by atoms with E-state index in [1.807, 2.05) is 48.5 Å². The Balaban J connectivity index is 2.02. The lowest BCUT2D eigenvalue weighted by atomic mass is 9.99. The molecule has 118 valence electrons. The minimum absolute atomic E-state index is 0.138. The highest BCUT2D eigenvalue weighted by molar-refractivity contribution is 5.37. The SMILES string of the molecule is CCCOc1ccc(C(N)c2ccc(OCCC)cc2)cc1. The molecule has 0 amide bonds. The molecule has 0 fully saturated rings. The Hall–Kier alpha value is -2.00. The predicted octanol–water partition coefficient (Wildman–Crippen LogP) is 4.31. The Bertz CT molecular complexity index is 497. The van der Waals surface area contributed by atoms with Gasteiger partial charge in [0.15, 0.2) is 0 Å². The Morgan fingerprint density at radius 3 is 1.41 bits per heavy atom. The van der Waals surface area contributed by atoms with Gasteiger partial charge in [0.05, 0.1) is 19.3 Å². The van der Waals surface area contributed by atoms with Gasteiger partial charge < -0.3 is 15.2 Å². The van der Waals surface area contributed by atoms with Gasteiger partial charge in [0.2, 0.25) is 0 Å². The van der Waals surface area contributed by atoms with E-state index in [1.165, 1.54) is 0 Å². The second kappa shape index (κ2) is 8.44. The summed E-state index contributed by atoms with van der Waals surface area (Å²) in [5.74, 6) is 1.78. The second-order valence-electron chi connectivity index (χ2n) is 5.31. The zero-order valence-corrected chi connectivity index (χ0v) is 13.4. The molecule has 0 heterocycles. The molecule has 2 aromatic rings. The zero-order chi connectivity index (χ0) is 15.8. The quantitative estimate of drug-likeness (QED) is 0.790. The van der Waals surface area contributed by atoms with Crippen molar-refractivity contribution in [2.45, 2.75) is 32.7 Å². The van der Waals surface area contributed by atoms with Crippen LogP contribution in [0.1, 0.15) is 43.9 Å². The van der Waals surface area contributed by atoms with Gasteiger partial charge in [0.25, 0.3) is 0 Å². The van der Waals surface area contributed by atoms with Crippen molar-refractivity contribution in [2.24, 2.45) is 5.73 Å². The highest BCUT2D eigenvalue weighted by atomic mass is 16.5. The minimum Gasteiger partial charge on any atom is -0.494 e. The molecule has 0 aliphatic rings. The van der Waals surface area contributed by atoms with Crippen LogP contribution in [0.2, 0.25) is 0 Å². The average molecular weight is 299 g/mol. The Kier molecular flexibility index (Phi) is 6.28. The fourth-order valence-corrected chi connectivity index (χ4v) is 2.18. The molecule has 0 aliphatic heterocycles. The standard InChI is InChI=1S/C19H25NO2/c1-3-13-21-17-9-5-15(6-10-17)19(20)16-7-11-18(12-8-16)22-14-4-2/h5-12,19H,3-4,13-14,20H2,1-2H3. The Morgan fingerprint density at radius 2 is 1.09 bits per heavy atom. The van der Waals surface area contributed by atoms with E-state index in [1.54, 1.807) is 0 Å². The molecule has 0 saturated carbocycles. The van der Waals surface area contributed by atoms with Gasteiger partial charge in [-0.3, -0.25) is 0 Å². The number of benzene rings is 2. The van der Waals surface area contributed by atoms with Crippen LogP contribution in [-0.4, -0.2) is 13.2 Å². The maximum absolute atomic E-state index is 6.34. The van der Waals surface area contributed by atoms with Crippen LogP contribution < -0.4 is 15.2 Å². The van der Waals surface area contributed by atoms with E-state index in [4.69, 9.17) is 15.2 Å². The molecule has 2 rings (SSSR count). The van der Waals surface area contributed by atoms with Crippen molar-refractivity contribution in [1.29, 1.82) is 0 Å². The van der Waals surface area contributed by atoms with Gasteiger partial charge in [0.1, 0.15) is 11.5 Å². The molecule has 3 nitrogen and oxygen atoms in total. The van der Waals surface area contributed by atoms with Crippen molar-refractivity contribution in [3.05, 3.63) is 59.7 Å². The van der Waals surface area contributed by atoms with Gasteiger partial charge in [-0.05, 0) is 48.2 Å². The summed E-state index contributed by atoms with van der Waals surface area (Å²) >= 11 is 0. The molecule has 0 saturated heterocycles. The van der Waals surface area contributed by atoms with Gasteiger partial charge in [-0.15, -0.1) is 0 Å². The molecule has 0 aromatic heterocycles. The van der Waals surface area contributed by atoms with Crippen LogP contribution in [0.15, 0.2) is 48.5 Å². The molecule has 3 heteroatoms. The molecule has 0 radical (unpaired) electrons. The molecule has 0 unspecified atom stereocenters. The van der Waals surface area contributed by atoms with E-state index >= 15 is 0 Å². The number of hydrogen-bond acceptors (Lipinski definition) is 3. The molecular formula is C19H25NO2. The summed E-state index contributed by atoms with van der Waals surface area (Å²) in [5.41, 5.74) is 8.49. The van der Waals surface area contributed by atoms with Gasteiger partial charge in [0, 0.05) is 0 Å². The van der Waals surface area contributed by atoms with Crippen molar-refractivity contribution in [3.8, 4) is 11.5 Å². The topological polar surface area (TPSA) is 44.5 Å². The summed E-state index contributed by atoms with van der Waals surface area (Å²) in [4.78, 5) is 0. The highest BCUT2D eigenvalue weighted by Crippen LogP contribution is 2.24. The molecular weight excluding hydrogens is 274 g/mol. The van der Waals surface area contributed by atoms with Crippen molar-refractivity contribution < 1.29 is 9.47 Å². The number of ether oxygens (including phenoxy) is 2. The fourth-order valence-electron chi connectivity index (χ4n) is 2.18. The summed E-state index contributed by atoms with van der Waals surface area (Å²) in [5, 5.41) is 0. The first-order valence-electron chi connectivity index (χ1n) is 7.95. The summed E-state index contributed by atoms with van der Waals surface area (Å²) in [6.07, 6.45) is 2.02. The van der Waals surface area contributed by atoms with Crippen LogP contribution in [-0.2, 0) is 0 Å². The highest BCUT2D eigenvalue weighted by Gasteiger charge is 2.09. The largest absolute Gasteiger partial charge is 0.494 e. The van der Waals surface area contributed by atoms with Crippen LogP contribution in [0.5, 0.6) is 11.5 Å². The van der Waals surface area contributed by atoms with E-state index in [0.717, 1.165) is 48.7 Å². The Morgan fingerprint density at radius 1 is 0.727 bits per heavy atom. The maximum Gasteiger partial charge on any atom is 0.119 e. The smallest absolute Gasteiger partial charge is 0.119 e. The normalized spacial score (nSPS) is 10.7. The van der Waals surface area contributed by atoms with Gasteiger partial charge in [-0.1, -0.05) is 38.1 Å². The van der Waals surface area contributed by atoms with E-state index in [-0.39, 0.29) is 6.04 Å². The molecule has 2 aromatic carbocycles. The van der Waals surface area contributed by atoms with Gasteiger partial charge in [-0.25, -0.2) is 0 Å². The van der Waals surface area contributed by atoms with E-state index in [0.29, 0.717) is 0 Å². The molecule has 0 aliphatic carbocycles. The monoisotopic (exact) mass is 299 g/mol. The molecule has 2 N–H and O–H groups in total. The van der Waals surface area contributed by atoms with Crippen LogP contribution in [0, 0.1) is 0 Å². The first-order valence-corrected chi connectivity index (χ1v) is 7.95. The molecule has 0 spiro atoms. The predicted molar refractivity (Wildman–Crippen MR) is 90.5 cm³/mol. The lowest BCUT2D eigenvalue weighted by Gasteiger charge is -2.14. The second-order valence-corrected chi connectivity index (χ2v) is 5.31. The summed E-state index contributed by atoms with van der Waals surface area (Å²) in [6.45, 7) is 5.67. The van der Waals surface area contributed by atoms with Crippen LogP contribution >= 0.6 is 0 Å². The van der Waals surface area contributed by atoms with E-state index in [9.17, 15) is 0 Å². The lowest BCUT2D eigenvalue weighted by molar-refractivity contribution is 0.317. The lowest BCUT2D eigenvalue weighted by Crippen LogP contribution is -2.11. The third-order valence-electron chi connectivity index (χ3n) is 3.42. The van der Waals surface area contributed by atoms with Gasteiger partial charge in [-0.2, -0.15) is 0 Å². The molecule has 0 atom stereocenters. The van der Waals surface area contributed by atoms with Crippen molar-refractivity contribution in [2.75, 3.05) is 13.2 Å². The van der Waals surface area contributed by atoms with Crippen molar-refractivity contribution >= 4 is 0 Å². The third-order valence-corrected chi connectivity index (χ3v) is 3.42.